The monoisotopic (exact) mass is 310 g/mol. The lowest BCUT2D eigenvalue weighted by molar-refractivity contribution is -0.132. The van der Waals surface area contributed by atoms with E-state index in [-0.39, 0.29) is 25.0 Å². The third-order valence-corrected chi connectivity index (χ3v) is 2.70. The maximum Gasteiger partial charge on any atom is 0.328 e. The summed E-state index contributed by atoms with van der Waals surface area (Å²) in [6.07, 6.45) is 2.68. The summed E-state index contributed by atoms with van der Waals surface area (Å²) in [6.45, 7) is 2.86. The molecule has 22 heavy (non-hydrogen) atoms. The molecule has 0 aromatic carbocycles. The molecule has 0 radical (unpaired) electrons. The van der Waals surface area contributed by atoms with Crippen LogP contribution in [-0.4, -0.2) is 39.5 Å². The first-order valence-electron chi connectivity index (χ1n) is 6.41. The number of rotatable bonds is 10. The molecule has 0 aliphatic heterocycles. The molecule has 0 unspecified atom stereocenters. The van der Waals surface area contributed by atoms with E-state index in [1.807, 2.05) is 0 Å². The van der Waals surface area contributed by atoms with Crippen molar-refractivity contribution in [1.29, 1.82) is 0 Å². The van der Waals surface area contributed by atoms with E-state index in [4.69, 9.17) is 10.2 Å². The van der Waals surface area contributed by atoms with E-state index >= 15 is 0 Å². The molecule has 7 heteroatoms. The van der Waals surface area contributed by atoms with Crippen LogP contribution in [0.5, 0.6) is 0 Å². The second-order valence-electron chi connectivity index (χ2n) is 5.32. The van der Waals surface area contributed by atoms with Crippen LogP contribution in [-0.2, 0) is 24.0 Å². The fourth-order valence-electron chi connectivity index (χ4n) is 2.08. The average Bonchev–Trinajstić information content (AvgIpc) is 2.32. The number of hydrogen-bond acceptors (Lipinski definition) is 5. The molecule has 0 rings (SSSR count). The summed E-state index contributed by atoms with van der Waals surface area (Å²) < 4.78 is 0. The van der Waals surface area contributed by atoms with Gasteiger partial charge in [0.05, 0.1) is 0 Å². The fraction of sp³-hybridized carbons (Fsp3) is 0.400. The van der Waals surface area contributed by atoms with Gasteiger partial charge in [0.1, 0.15) is 5.78 Å². The Morgan fingerprint density at radius 1 is 0.773 bits per heavy atom. The van der Waals surface area contributed by atoms with E-state index in [2.05, 4.69) is 0 Å². The Kier molecular flexibility index (Phi) is 7.65. The third-order valence-electron chi connectivity index (χ3n) is 2.70. The molecule has 0 fully saturated rings. The zero-order chi connectivity index (χ0) is 17.3. The van der Waals surface area contributed by atoms with Crippen molar-refractivity contribution in [1.82, 2.24) is 0 Å². The largest absolute Gasteiger partial charge is 0.478 e. The lowest BCUT2D eigenvalue weighted by Crippen LogP contribution is -2.26. The van der Waals surface area contributed by atoms with Gasteiger partial charge < -0.3 is 15.0 Å². The van der Waals surface area contributed by atoms with E-state index < -0.39 is 28.9 Å². The number of carboxylic acids is 2. The standard InChI is InChI=1S/C15H18O7/c1-10(16)7-15(2,8-11(17)3-5-13(19)20)9-12(18)4-6-14(21)22/h3-6H,7-9H2,1-2H3,(H,19,20)(H,21,22)/b5-3-,6-4-. The van der Waals surface area contributed by atoms with Crippen molar-refractivity contribution in [3.63, 3.8) is 0 Å². The summed E-state index contributed by atoms with van der Waals surface area (Å²) in [6, 6.07) is 0. The first-order chi connectivity index (χ1) is 10.0. The van der Waals surface area contributed by atoms with Gasteiger partial charge in [-0.05, 0) is 24.5 Å². The molecule has 0 atom stereocenters. The summed E-state index contributed by atoms with van der Waals surface area (Å²) in [5.41, 5.74) is -0.994. The molecule has 0 aliphatic rings. The van der Waals surface area contributed by atoms with E-state index in [1.54, 1.807) is 6.92 Å². The van der Waals surface area contributed by atoms with Crippen LogP contribution in [0.25, 0.3) is 0 Å². The molecular formula is C15H18O7. The highest BCUT2D eigenvalue weighted by Crippen LogP contribution is 2.31. The normalized spacial score (nSPS) is 11.7. The number of hydrogen-bond donors (Lipinski definition) is 2. The Bertz CT molecular complexity index is 502. The molecule has 0 aliphatic carbocycles. The van der Waals surface area contributed by atoms with Crippen LogP contribution in [0.15, 0.2) is 24.3 Å². The van der Waals surface area contributed by atoms with Gasteiger partial charge in [-0.3, -0.25) is 9.59 Å². The summed E-state index contributed by atoms with van der Waals surface area (Å²) in [5, 5.41) is 16.9. The molecule has 0 saturated carbocycles. The molecule has 0 spiro atoms. The van der Waals surface area contributed by atoms with Crippen LogP contribution in [0.4, 0.5) is 0 Å². The highest BCUT2D eigenvalue weighted by atomic mass is 16.4. The quantitative estimate of drug-likeness (QED) is 0.580. The topological polar surface area (TPSA) is 126 Å². The van der Waals surface area contributed by atoms with Crippen LogP contribution < -0.4 is 0 Å². The number of aliphatic carboxylic acids is 2. The molecule has 0 heterocycles. The van der Waals surface area contributed by atoms with Gasteiger partial charge in [-0.25, -0.2) is 9.59 Å². The van der Waals surface area contributed by atoms with Gasteiger partial charge in [-0.1, -0.05) is 6.92 Å². The average molecular weight is 310 g/mol. The number of carbonyl (C=O) groups excluding carboxylic acids is 3. The lowest BCUT2D eigenvalue weighted by atomic mass is 9.76. The molecule has 120 valence electrons. The number of ketones is 3. The smallest absolute Gasteiger partial charge is 0.328 e. The van der Waals surface area contributed by atoms with Gasteiger partial charge in [-0.15, -0.1) is 0 Å². The van der Waals surface area contributed by atoms with Gasteiger partial charge in [0.15, 0.2) is 11.6 Å². The first-order valence-corrected chi connectivity index (χ1v) is 6.41. The van der Waals surface area contributed by atoms with Crippen LogP contribution in [0.3, 0.4) is 0 Å². The van der Waals surface area contributed by atoms with E-state index in [9.17, 15) is 24.0 Å². The maximum atomic E-state index is 11.7. The first kappa shape index (κ1) is 19.4. The third kappa shape index (κ3) is 9.35. The minimum Gasteiger partial charge on any atom is -0.478 e. The van der Waals surface area contributed by atoms with Crippen LogP contribution in [0.1, 0.15) is 33.1 Å². The van der Waals surface area contributed by atoms with E-state index in [0.29, 0.717) is 12.2 Å². The zero-order valence-corrected chi connectivity index (χ0v) is 12.4. The van der Waals surface area contributed by atoms with E-state index in [1.165, 1.54) is 6.92 Å². The van der Waals surface area contributed by atoms with Crippen molar-refractivity contribution in [3.05, 3.63) is 24.3 Å². The fourth-order valence-corrected chi connectivity index (χ4v) is 2.08. The minimum atomic E-state index is -1.28. The summed E-state index contributed by atoms with van der Waals surface area (Å²) in [7, 11) is 0. The van der Waals surface area contributed by atoms with Gasteiger partial charge in [0, 0.05) is 31.4 Å². The van der Waals surface area contributed by atoms with Crippen LogP contribution in [0, 0.1) is 5.41 Å². The summed E-state index contributed by atoms with van der Waals surface area (Å²) >= 11 is 0. The van der Waals surface area contributed by atoms with Gasteiger partial charge in [0.25, 0.3) is 0 Å². The highest BCUT2D eigenvalue weighted by molar-refractivity contribution is 5.98. The number of allylic oxidation sites excluding steroid dienone is 2. The molecule has 7 nitrogen and oxygen atoms in total. The molecule has 0 aromatic rings. The van der Waals surface area contributed by atoms with Crippen LogP contribution in [0.2, 0.25) is 0 Å². The lowest BCUT2D eigenvalue weighted by Gasteiger charge is -2.26. The van der Waals surface area contributed by atoms with E-state index in [0.717, 1.165) is 12.2 Å². The minimum absolute atomic E-state index is 0.0493. The van der Waals surface area contributed by atoms with Crippen molar-refractivity contribution in [2.24, 2.45) is 5.41 Å². The molecule has 0 aromatic heterocycles. The molecular weight excluding hydrogens is 292 g/mol. The number of carbonyl (C=O) groups is 5. The second-order valence-corrected chi connectivity index (χ2v) is 5.32. The van der Waals surface area contributed by atoms with Crippen molar-refractivity contribution in [3.8, 4) is 0 Å². The Balaban J connectivity index is 5.03. The van der Waals surface area contributed by atoms with Gasteiger partial charge >= 0.3 is 11.9 Å². The summed E-state index contributed by atoms with van der Waals surface area (Å²) in [4.78, 5) is 55.4. The predicted molar refractivity (Wildman–Crippen MR) is 76.2 cm³/mol. The van der Waals surface area contributed by atoms with Crippen molar-refractivity contribution in [2.45, 2.75) is 33.1 Å². The molecule has 0 bridgehead atoms. The molecule has 0 amide bonds. The number of carboxylic acid groups (broad SMARTS) is 2. The Morgan fingerprint density at radius 3 is 1.41 bits per heavy atom. The van der Waals surface area contributed by atoms with Crippen LogP contribution >= 0.6 is 0 Å². The molecule has 0 saturated heterocycles. The zero-order valence-electron chi connectivity index (χ0n) is 12.4. The Morgan fingerprint density at radius 2 is 1.14 bits per heavy atom. The second kappa shape index (κ2) is 8.66. The van der Waals surface area contributed by atoms with Crippen molar-refractivity contribution in [2.75, 3.05) is 0 Å². The van der Waals surface area contributed by atoms with Crippen molar-refractivity contribution >= 4 is 29.3 Å². The predicted octanol–water partition coefficient (Wildman–Crippen LogP) is 1.17. The number of Topliss-reactive ketones (excluding diaryl/α,β-unsaturated/α-hetero) is 1. The SMILES string of the molecule is CC(=O)CC(C)(CC(=O)/C=C\C(=O)O)CC(=O)/C=C\C(=O)O. The summed E-state index contributed by atoms with van der Waals surface area (Å²) in [5.74, 6) is -3.83. The van der Waals surface area contributed by atoms with Gasteiger partial charge in [0.2, 0.25) is 0 Å². The maximum absolute atomic E-state index is 11.7. The van der Waals surface area contributed by atoms with Gasteiger partial charge in [-0.2, -0.15) is 0 Å². The molecule has 2 N–H and O–H groups in total. The Labute approximate surface area is 127 Å². The highest BCUT2D eigenvalue weighted by Gasteiger charge is 2.30. The Hall–Kier alpha value is -2.57. The van der Waals surface area contributed by atoms with Crippen molar-refractivity contribution < 1.29 is 34.2 Å².